The van der Waals surface area contributed by atoms with Crippen molar-refractivity contribution in [2.45, 2.75) is 32.9 Å². The van der Waals surface area contributed by atoms with E-state index in [2.05, 4.69) is 5.32 Å². The number of hydrogen-bond donors (Lipinski definition) is 2. The van der Waals surface area contributed by atoms with Gasteiger partial charge in [0.1, 0.15) is 11.9 Å². The van der Waals surface area contributed by atoms with Crippen molar-refractivity contribution in [1.82, 2.24) is 5.32 Å². The number of rotatable bonds is 2. The number of nitrogens with one attached hydrogen (secondary N) is 1. The number of carbonyl (C=O) groups is 2. The number of halogens is 1. The molecular weight excluding hydrogens is 261 g/mol. The molecule has 108 valence electrons. The fourth-order valence-electron chi connectivity index (χ4n) is 2.30. The first-order valence-electron chi connectivity index (χ1n) is 6.47. The van der Waals surface area contributed by atoms with Gasteiger partial charge in [-0.1, -0.05) is 0 Å². The summed E-state index contributed by atoms with van der Waals surface area (Å²) in [7, 11) is 0. The third kappa shape index (κ3) is 2.51. The van der Waals surface area contributed by atoms with Crippen LogP contribution in [0.2, 0.25) is 0 Å². The molecule has 2 atom stereocenters. The highest BCUT2D eigenvalue weighted by Gasteiger charge is 2.32. The molecule has 6 heteroatoms. The summed E-state index contributed by atoms with van der Waals surface area (Å²) in [5.41, 5.74) is 7.55. The van der Waals surface area contributed by atoms with Gasteiger partial charge in [0.05, 0.1) is 6.54 Å². The molecule has 1 aliphatic rings. The molecule has 2 rings (SSSR count). The smallest absolute Gasteiger partial charge is 0.249 e. The molecule has 2 amide bonds. The summed E-state index contributed by atoms with van der Waals surface area (Å²) in [6, 6.07) is 2.11. The molecule has 1 unspecified atom stereocenters. The lowest BCUT2D eigenvalue weighted by molar-refractivity contribution is -0.132. The number of hydrogen-bond acceptors (Lipinski definition) is 4. The Bertz CT molecular complexity index is 572. The fourth-order valence-corrected chi connectivity index (χ4v) is 2.30. The van der Waals surface area contributed by atoms with Crippen LogP contribution in [0, 0.1) is 12.7 Å². The van der Waals surface area contributed by atoms with E-state index in [9.17, 15) is 14.0 Å². The molecule has 0 saturated carbocycles. The molecule has 1 aromatic carbocycles. The molecule has 1 aromatic rings. The maximum atomic E-state index is 13.7. The van der Waals surface area contributed by atoms with Crippen LogP contribution in [0.3, 0.4) is 0 Å². The minimum Gasteiger partial charge on any atom is -0.350 e. The second-order valence-electron chi connectivity index (χ2n) is 5.17. The van der Waals surface area contributed by atoms with Gasteiger partial charge in [0.25, 0.3) is 0 Å². The van der Waals surface area contributed by atoms with Crippen LogP contribution in [-0.4, -0.2) is 24.4 Å². The Balaban J connectivity index is 2.52. The van der Waals surface area contributed by atoms with Crippen molar-refractivity contribution in [1.29, 1.82) is 0 Å². The van der Waals surface area contributed by atoms with Crippen molar-refractivity contribution < 1.29 is 14.0 Å². The third-order valence-corrected chi connectivity index (χ3v) is 3.53. The van der Waals surface area contributed by atoms with E-state index in [1.54, 1.807) is 31.7 Å². The Morgan fingerprint density at radius 1 is 1.45 bits per heavy atom. The van der Waals surface area contributed by atoms with E-state index in [-0.39, 0.29) is 24.2 Å². The van der Waals surface area contributed by atoms with E-state index in [4.69, 9.17) is 5.73 Å². The minimum absolute atomic E-state index is 0.0533. The van der Waals surface area contributed by atoms with Crippen LogP contribution >= 0.6 is 0 Å². The molecule has 1 fully saturated rings. The predicted molar refractivity (Wildman–Crippen MR) is 73.7 cm³/mol. The summed E-state index contributed by atoms with van der Waals surface area (Å²) in [6.07, 6.45) is 0. The van der Waals surface area contributed by atoms with E-state index in [1.165, 1.54) is 6.07 Å². The number of benzene rings is 1. The highest BCUT2D eigenvalue weighted by atomic mass is 19.1. The molecule has 0 aromatic heterocycles. The lowest BCUT2D eigenvalue weighted by Crippen LogP contribution is -2.57. The van der Waals surface area contributed by atoms with Gasteiger partial charge < -0.3 is 10.6 Å². The van der Waals surface area contributed by atoms with Crippen LogP contribution in [0.15, 0.2) is 12.1 Å². The summed E-state index contributed by atoms with van der Waals surface area (Å²) < 4.78 is 13.7. The first-order valence-corrected chi connectivity index (χ1v) is 6.47. The molecule has 0 bridgehead atoms. The molecule has 0 aliphatic carbocycles. The topological polar surface area (TPSA) is 75.4 Å². The number of carbonyl (C=O) groups excluding carboxylic acids is 2. The van der Waals surface area contributed by atoms with Crippen molar-refractivity contribution in [3.05, 3.63) is 29.1 Å². The summed E-state index contributed by atoms with van der Waals surface area (Å²) in [5, 5.41) is 2.28. The quantitative estimate of drug-likeness (QED) is 0.792. The standard InChI is InChI=1S/C14H18FN3O2/c1-7-4-12(10(8(2)16)5-11(7)15)18-6-13(19)17-14(20)9(18)3/h4-5,8-9H,6,16H2,1-3H3,(H,17,19,20)/t8-,9?/m1/s1. The number of nitrogens with zero attached hydrogens (tertiary/aromatic N) is 1. The molecular formula is C14H18FN3O2. The van der Waals surface area contributed by atoms with E-state index < -0.39 is 12.1 Å². The van der Waals surface area contributed by atoms with E-state index in [1.807, 2.05) is 0 Å². The van der Waals surface area contributed by atoms with Crippen LogP contribution < -0.4 is 16.0 Å². The van der Waals surface area contributed by atoms with Crippen molar-refractivity contribution in [2.75, 3.05) is 11.4 Å². The van der Waals surface area contributed by atoms with Crippen LogP contribution in [0.25, 0.3) is 0 Å². The molecule has 20 heavy (non-hydrogen) atoms. The Labute approximate surface area is 116 Å². The van der Waals surface area contributed by atoms with Crippen LogP contribution in [0.5, 0.6) is 0 Å². The zero-order valence-corrected chi connectivity index (χ0v) is 11.7. The van der Waals surface area contributed by atoms with Crippen molar-refractivity contribution >= 4 is 17.5 Å². The summed E-state index contributed by atoms with van der Waals surface area (Å²) in [4.78, 5) is 25.0. The van der Waals surface area contributed by atoms with Crippen LogP contribution in [0.1, 0.15) is 31.0 Å². The van der Waals surface area contributed by atoms with Crippen LogP contribution in [-0.2, 0) is 9.59 Å². The highest BCUT2D eigenvalue weighted by Crippen LogP contribution is 2.30. The summed E-state index contributed by atoms with van der Waals surface area (Å²) in [6.45, 7) is 5.13. The average molecular weight is 279 g/mol. The van der Waals surface area contributed by atoms with Gasteiger partial charge in [0.2, 0.25) is 11.8 Å². The largest absolute Gasteiger partial charge is 0.350 e. The maximum absolute atomic E-state index is 13.7. The second kappa shape index (κ2) is 5.20. The monoisotopic (exact) mass is 279 g/mol. The lowest BCUT2D eigenvalue weighted by Gasteiger charge is -2.35. The predicted octanol–water partition coefficient (Wildman–Crippen LogP) is 1.01. The van der Waals surface area contributed by atoms with E-state index in [0.717, 1.165) is 0 Å². The molecule has 5 nitrogen and oxygen atoms in total. The number of imide groups is 1. The Morgan fingerprint density at radius 2 is 2.10 bits per heavy atom. The molecule has 1 saturated heterocycles. The third-order valence-electron chi connectivity index (χ3n) is 3.53. The van der Waals surface area contributed by atoms with Gasteiger partial charge in [-0.3, -0.25) is 14.9 Å². The lowest BCUT2D eigenvalue weighted by atomic mass is 10.0. The minimum atomic E-state index is -0.505. The van der Waals surface area contributed by atoms with E-state index >= 15 is 0 Å². The maximum Gasteiger partial charge on any atom is 0.249 e. The number of amides is 2. The van der Waals surface area contributed by atoms with Gasteiger partial charge in [-0.15, -0.1) is 0 Å². The molecule has 3 N–H and O–H groups in total. The Morgan fingerprint density at radius 3 is 2.70 bits per heavy atom. The summed E-state index contributed by atoms with van der Waals surface area (Å²) >= 11 is 0. The average Bonchev–Trinajstić information content (AvgIpc) is 2.36. The van der Waals surface area contributed by atoms with Gasteiger partial charge in [0, 0.05) is 11.7 Å². The van der Waals surface area contributed by atoms with Gasteiger partial charge in [-0.05, 0) is 44.0 Å². The number of aryl methyl sites for hydroxylation is 1. The second-order valence-corrected chi connectivity index (χ2v) is 5.17. The Kier molecular flexibility index (Phi) is 3.76. The highest BCUT2D eigenvalue weighted by molar-refractivity contribution is 6.04. The van der Waals surface area contributed by atoms with Crippen LogP contribution in [0.4, 0.5) is 10.1 Å². The zero-order chi connectivity index (χ0) is 15.0. The van der Waals surface area contributed by atoms with Crippen molar-refractivity contribution in [3.63, 3.8) is 0 Å². The number of nitrogens with two attached hydrogens (primary N) is 1. The normalized spacial score (nSPS) is 20.9. The number of piperazine rings is 1. The van der Waals surface area contributed by atoms with Crippen molar-refractivity contribution in [3.8, 4) is 0 Å². The first kappa shape index (κ1) is 14.5. The SMILES string of the molecule is Cc1cc(N2CC(=O)NC(=O)C2C)c([C@@H](C)N)cc1F. The van der Waals surface area contributed by atoms with E-state index in [0.29, 0.717) is 16.8 Å². The summed E-state index contributed by atoms with van der Waals surface area (Å²) in [5.74, 6) is -1.08. The van der Waals surface area contributed by atoms with Gasteiger partial charge >= 0.3 is 0 Å². The zero-order valence-electron chi connectivity index (χ0n) is 11.7. The van der Waals surface area contributed by atoms with Gasteiger partial charge in [-0.25, -0.2) is 4.39 Å². The Hall–Kier alpha value is -1.95. The first-order chi connectivity index (χ1) is 9.31. The van der Waals surface area contributed by atoms with Gasteiger partial charge in [0.15, 0.2) is 0 Å². The fraction of sp³-hybridized carbons (Fsp3) is 0.429. The molecule has 0 radical (unpaired) electrons. The number of anilines is 1. The van der Waals surface area contributed by atoms with Crippen molar-refractivity contribution in [2.24, 2.45) is 5.73 Å². The molecule has 0 spiro atoms. The van der Waals surface area contributed by atoms with Gasteiger partial charge in [-0.2, -0.15) is 0 Å². The molecule has 1 heterocycles. The molecule has 1 aliphatic heterocycles.